The Balaban J connectivity index is 5.20. The number of unbranched alkanes of at least 4 members (excludes halogenated alkanes) is 45. The molecule has 0 radical (unpaired) electrons. The van der Waals surface area contributed by atoms with E-state index in [2.05, 4.69) is 48.5 Å². The van der Waals surface area contributed by atoms with Crippen molar-refractivity contribution < 1.29 is 80.2 Å². The van der Waals surface area contributed by atoms with E-state index in [1.165, 1.54) is 225 Å². The van der Waals surface area contributed by atoms with Crippen molar-refractivity contribution in [2.24, 2.45) is 17.8 Å². The molecule has 0 heterocycles. The molecule has 0 aromatic heterocycles. The van der Waals surface area contributed by atoms with E-state index in [4.69, 9.17) is 37.0 Å². The zero-order valence-electron chi connectivity index (χ0n) is 65.7. The third kappa shape index (κ3) is 71.7. The number of carbonyl (C=O) groups excluding carboxylic acids is 4. The van der Waals surface area contributed by atoms with Crippen molar-refractivity contribution in [1.82, 2.24) is 0 Å². The lowest BCUT2D eigenvalue weighted by Gasteiger charge is -2.21. The standard InChI is InChI=1S/C81H158O17P2/c1-8-11-12-13-14-15-16-17-18-21-25-28-31-34-40-48-55-62-78(83)91-68-76(97-80(85)64-57-50-41-35-32-29-26-23-20-19-22-24-27-30-33-39-46-53-60-73(6)9-2)70-95-99(87,88)93-66-75(82)67-94-100(89,90)96-71-77(69-92-79(84)63-56-49-44-43-47-54-61-74(7)10-3)98-81(86)65-58-51-42-37-36-38-45-52-59-72(4)5/h72-77,82H,8-71H2,1-7H3,(H,87,88)(H,89,90)/t73?,74?,75-,76-,77-/m1/s1. The van der Waals surface area contributed by atoms with Crippen LogP contribution in [0.5, 0.6) is 0 Å². The molecule has 0 rings (SSSR count). The fraction of sp³-hybridized carbons (Fsp3) is 0.951. The molecule has 594 valence electrons. The van der Waals surface area contributed by atoms with E-state index in [-0.39, 0.29) is 25.7 Å². The Morgan fingerprint density at radius 2 is 0.510 bits per heavy atom. The molecule has 4 unspecified atom stereocenters. The molecule has 0 aromatic carbocycles. The monoisotopic (exact) mass is 1470 g/mol. The Morgan fingerprint density at radius 1 is 0.290 bits per heavy atom. The van der Waals surface area contributed by atoms with E-state index in [0.717, 1.165) is 114 Å². The summed E-state index contributed by atoms with van der Waals surface area (Å²) in [6.45, 7) is 11.9. The number of phosphoric acid groups is 2. The lowest BCUT2D eigenvalue weighted by molar-refractivity contribution is -0.161. The molecule has 0 amide bonds. The highest BCUT2D eigenvalue weighted by atomic mass is 31.2. The van der Waals surface area contributed by atoms with Crippen LogP contribution in [-0.2, 0) is 65.4 Å². The highest BCUT2D eigenvalue weighted by Gasteiger charge is 2.30. The van der Waals surface area contributed by atoms with Crippen molar-refractivity contribution in [1.29, 1.82) is 0 Å². The lowest BCUT2D eigenvalue weighted by atomic mass is 9.99. The van der Waals surface area contributed by atoms with Crippen LogP contribution in [0.25, 0.3) is 0 Å². The van der Waals surface area contributed by atoms with E-state index in [9.17, 15) is 43.2 Å². The second-order valence-electron chi connectivity index (χ2n) is 30.1. The van der Waals surface area contributed by atoms with E-state index >= 15 is 0 Å². The van der Waals surface area contributed by atoms with Crippen LogP contribution in [0.3, 0.4) is 0 Å². The molecule has 0 aliphatic rings. The minimum atomic E-state index is -4.96. The van der Waals surface area contributed by atoms with Gasteiger partial charge in [0.15, 0.2) is 12.2 Å². The fourth-order valence-corrected chi connectivity index (χ4v) is 14.0. The van der Waals surface area contributed by atoms with Crippen molar-refractivity contribution in [2.45, 2.75) is 439 Å². The topological polar surface area (TPSA) is 237 Å². The van der Waals surface area contributed by atoms with Crippen LogP contribution in [0, 0.1) is 17.8 Å². The lowest BCUT2D eigenvalue weighted by Crippen LogP contribution is -2.30. The summed E-state index contributed by atoms with van der Waals surface area (Å²) in [7, 11) is -9.92. The molecule has 0 saturated carbocycles. The Morgan fingerprint density at radius 3 is 0.760 bits per heavy atom. The molecule has 7 atom stereocenters. The summed E-state index contributed by atoms with van der Waals surface area (Å²) in [5.74, 6) is 0.205. The number of rotatable bonds is 79. The fourth-order valence-electron chi connectivity index (χ4n) is 12.4. The van der Waals surface area contributed by atoms with E-state index < -0.39 is 97.5 Å². The van der Waals surface area contributed by atoms with Crippen molar-refractivity contribution in [2.75, 3.05) is 39.6 Å². The predicted molar refractivity (Wildman–Crippen MR) is 409 cm³/mol. The van der Waals surface area contributed by atoms with Gasteiger partial charge in [0.2, 0.25) is 0 Å². The largest absolute Gasteiger partial charge is 0.472 e. The van der Waals surface area contributed by atoms with Gasteiger partial charge in [-0.25, -0.2) is 9.13 Å². The van der Waals surface area contributed by atoms with E-state index in [1.807, 2.05) is 0 Å². The first-order valence-electron chi connectivity index (χ1n) is 41.9. The van der Waals surface area contributed by atoms with Gasteiger partial charge in [0.05, 0.1) is 26.4 Å². The van der Waals surface area contributed by atoms with Crippen molar-refractivity contribution in [3.05, 3.63) is 0 Å². The Kier molecular flexibility index (Phi) is 69.9. The highest BCUT2D eigenvalue weighted by Crippen LogP contribution is 2.45. The Bertz CT molecular complexity index is 1940. The van der Waals surface area contributed by atoms with Crippen LogP contribution in [0.1, 0.15) is 421 Å². The van der Waals surface area contributed by atoms with Crippen LogP contribution in [0.4, 0.5) is 0 Å². The number of esters is 4. The molecule has 0 saturated heterocycles. The number of hydrogen-bond acceptors (Lipinski definition) is 15. The van der Waals surface area contributed by atoms with Crippen LogP contribution < -0.4 is 0 Å². The second kappa shape index (κ2) is 71.3. The molecule has 100 heavy (non-hydrogen) atoms. The summed E-state index contributed by atoms with van der Waals surface area (Å²) in [6.07, 6.45) is 59.8. The van der Waals surface area contributed by atoms with Crippen LogP contribution >= 0.6 is 15.6 Å². The summed E-state index contributed by atoms with van der Waals surface area (Å²) in [5, 5.41) is 10.6. The zero-order valence-corrected chi connectivity index (χ0v) is 67.5. The molecule has 0 spiro atoms. The third-order valence-electron chi connectivity index (χ3n) is 19.6. The molecule has 0 aliphatic carbocycles. The maximum absolute atomic E-state index is 13.1. The number of carbonyl (C=O) groups is 4. The average Bonchev–Trinajstić information content (AvgIpc) is 0.914. The summed E-state index contributed by atoms with van der Waals surface area (Å²) < 4.78 is 68.6. The van der Waals surface area contributed by atoms with Gasteiger partial charge in [0.25, 0.3) is 0 Å². The van der Waals surface area contributed by atoms with Crippen LogP contribution in [0.15, 0.2) is 0 Å². The molecule has 19 heteroatoms. The van der Waals surface area contributed by atoms with Crippen molar-refractivity contribution >= 4 is 39.5 Å². The minimum absolute atomic E-state index is 0.104. The number of hydrogen-bond donors (Lipinski definition) is 3. The summed E-state index contributed by atoms with van der Waals surface area (Å²) in [5.41, 5.74) is 0. The zero-order chi connectivity index (χ0) is 73.7. The molecule has 0 aliphatic heterocycles. The quantitative estimate of drug-likeness (QED) is 0.0222. The van der Waals surface area contributed by atoms with Gasteiger partial charge in [0.1, 0.15) is 19.3 Å². The minimum Gasteiger partial charge on any atom is -0.462 e. The van der Waals surface area contributed by atoms with E-state index in [0.29, 0.717) is 25.7 Å². The smallest absolute Gasteiger partial charge is 0.462 e. The second-order valence-corrected chi connectivity index (χ2v) is 33.0. The number of aliphatic hydroxyl groups is 1. The molecule has 17 nitrogen and oxygen atoms in total. The van der Waals surface area contributed by atoms with Crippen LogP contribution in [0.2, 0.25) is 0 Å². The maximum Gasteiger partial charge on any atom is 0.472 e. The normalized spacial score (nSPS) is 14.5. The third-order valence-corrected chi connectivity index (χ3v) is 21.5. The van der Waals surface area contributed by atoms with Gasteiger partial charge in [-0.05, 0) is 43.4 Å². The van der Waals surface area contributed by atoms with Crippen molar-refractivity contribution in [3.63, 3.8) is 0 Å². The number of aliphatic hydroxyl groups excluding tert-OH is 1. The summed E-state index contributed by atoms with van der Waals surface area (Å²) >= 11 is 0. The first-order valence-corrected chi connectivity index (χ1v) is 44.9. The van der Waals surface area contributed by atoms with Crippen LogP contribution in [-0.4, -0.2) is 96.7 Å². The van der Waals surface area contributed by atoms with Gasteiger partial charge in [-0.15, -0.1) is 0 Å². The molecule has 0 fully saturated rings. The molecular formula is C81H158O17P2. The van der Waals surface area contributed by atoms with Gasteiger partial charge in [-0.2, -0.15) is 0 Å². The average molecular weight is 1470 g/mol. The molecule has 0 aromatic rings. The number of ether oxygens (including phenoxy) is 4. The Hall–Kier alpha value is -1.94. The molecule has 0 bridgehead atoms. The molecule has 3 N–H and O–H groups in total. The number of phosphoric ester groups is 2. The van der Waals surface area contributed by atoms with Gasteiger partial charge in [0, 0.05) is 25.7 Å². The van der Waals surface area contributed by atoms with E-state index in [1.54, 1.807) is 0 Å². The van der Waals surface area contributed by atoms with Gasteiger partial charge < -0.3 is 33.8 Å². The van der Waals surface area contributed by atoms with Gasteiger partial charge >= 0.3 is 39.5 Å². The summed E-state index contributed by atoms with van der Waals surface area (Å²) in [4.78, 5) is 72.9. The SMILES string of the molecule is CCCCCCCCCCCCCCCCCCCC(=O)OC[C@H](COP(=O)(O)OC[C@@H](O)COP(=O)(O)OC[C@@H](COC(=O)CCCCCCCCC(C)CC)OC(=O)CCCCCCCCCCC(C)C)OC(=O)CCCCCCCCCCCCCCCCCCCCC(C)CC. The Labute approximate surface area is 613 Å². The highest BCUT2D eigenvalue weighted by molar-refractivity contribution is 7.47. The van der Waals surface area contributed by atoms with Gasteiger partial charge in [-0.3, -0.25) is 37.3 Å². The summed E-state index contributed by atoms with van der Waals surface area (Å²) in [6, 6.07) is 0. The van der Waals surface area contributed by atoms with Crippen molar-refractivity contribution in [3.8, 4) is 0 Å². The first-order chi connectivity index (χ1) is 48.3. The molecular weight excluding hydrogens is 1310 g/mol. The predicted octanol–water partition coefficient (Wildman–Crippen LogP) is 24.1. The first kappa shape index (κ1) is 98.1. The maximum atomic E-state index is 13.1. The van der Waals surface area contributed by atoms with Gasteiger partial charge in [-0.1, -0.05) is 370 Å².